The zero-order valence-electron chi connectivity index (χ0n) is 10.6. The summed E-state index contributed by atoms with van der Waals surface area (Å²) in [5, 5.41) is 11.2. The van der Waals surface area contributed by atoms with Crippen LogP contribution in [0.4, 0.5) is 0 Å². The average Bonchev–Trinajstić information content (AvgIpc) is 3.03. The van der Waals surface area contributed by atoms with E-state index in [1.54, 1.807) is 10.9 Å². The van der Waals surface area contributed by atoms with Crippen molar-refractivity contribution < 1.29 is 9.47 Å². The third-order valence-electron chi connectivity index (χ3n) is 2.81. The Morgan fingerprint density at radius 1 is 1.55 bits per heavy atom. The summed E-state index contributed by atoms with van der Waals surface area (Å²) in [7, 11) is 0. The molecule has 1 aromatic heterocycles. The lowest BCUT2D eigenvalue weighted by molar-refractivity contribution is 0.173. The molecule has 0 aliphatic carbocycles. The first kappa shape index (κ1) is 13.3. The van der Waals surface area contributed by atoms with Gasteiger partial charge in [-0.05, 0) is 45.8 Å². The molecule has 6 nitrogen and oxygen atoms in total. The summed E-state index contributed by atoms with van der Waals surface area (Å²) in [6.07, 6.45) is 2.45. The number of nitrogens with zero attached hydrogens (tertiary/aromatic N) is 3. The zero-order chi connectivity index (χ0) is 14.1. The fraction of sp³-hybridized carbons (Fsp3) is 0.250. The SMILES string of the molecule is CCc1n[nH]c(=S)n1/N=C\c1cc(Br)c2c(c1)OCO2. The molecule has 0 saturated heterocycles. The van der Waals surface area contributed by atoms with Crippen LogP contribution in [0.3, 0.4) is 0 Å². The Bertz CT molecular complexity index is 738. The highest BCUT2D eigenvalue weighted by molar-refractivity contribution is 9.10. The Hall–Kier alpha value is -1.67. The predicted octanol–water partition coefficient (Wildman–Crippen LogP) is 2.88. The Kier molecular flexibility index (Phi) is 3.58. The summed E-state index contributed by atoms with van der Waals surface area (Å²) < 4.78 is 13.6. The van der Waals surface area contributed by atoms with Crippen molar-refractivity contribution >= 4 is 34.4 Å². The summed E-state index contributed by atoms with van der Waals surface area (Å²) in [5.74, 6) is 2.20. The van der Waals surface area contributed by atoms with Crippen LogP contribution < -0.4 is 9.47 Å². The molecule has 1 N–H and O–H groups in total. The van der Waals surface area contributed by atoms with E-state index in [2.05, 4.69) is 31.2 Å². The van der Waals surface area contributed by atoms with Crippen molar-refractivity contribution in [1.82, 2.24) is 14.9 Å². The van der Waals surface area contributed by atoms with E-state index in [0.29, 0.717) is 10.5 Å². The zero-order valence-corrected chi connectivity index (χ0v) is 13.0. The molecule has 20 heavy (non-hydrogen) atoms. The largest absolute Gasteiger partial charge is 0.454 e. The van der Waals surface area contributed by atoms with Crippen LogP contribution in [-0.2, 0) is 6.42 Å². The summed E-state index contributed by atoms with van der Waals surface area (Å²) in [5.41, 5.74) is 0.881. The summed E-state index contributed by atoms with van der Waals surface area (Å²) in [4.78, 5) is 0. The molecular formula is C12H11BrN4O2S. The number of hydrogen-bond acceptors (Lipinski definition) is 5. The molecule has 8 heteroatoms. The Morgan fingerprint density at radius 2 is 2.40 bits per heavy atom. The number of nitrogens with one attached hydrogen (secondary N) is 1. The van der Waals surface area contributed by atoms with Crippen LogP contribution in [0.2, 0.25) is 0 Å². The molecule has 2 aromatic rings. The minimum atomic E-state index is 0.237. The van der Waals surface area contributed by atoms with E-state index in [1.165, 1.54) is 0 Å². The molecule has 0 amide bonds. The van der Waals surface area contributed by atoms with Gasteiger partial charge in [0.25, 0.3) is 0 Å². The topological polar surface area (TPSA) is 64.4 Å². The summed E-state index contributed by atoms with van der Waals surface area (Å²) in [6, 6.07) is 3.78. The number of ether oxygens (including phenoxy) is 2. The highest BCUT2D eigenvalue weighted by Gasteiger charge is 2.17. The van der Waals surface area contributed by atoms with Crippen LogP contribution in [0, 0.1) is 4.77 Å². The minimum absolute atomic E-state index is 0.237. The molecule has 1 aliphatic heterocycles. The number of aromatic nitrogens is 3. The van der Waals surface area contributed by atoms with Crippen LogP contribution in [0.15, 0.2) is 21.7 Å². The van der Waals surface area contributed by atoms with E-state index in [1.807, 2.05) is 19.1 Å². The molecule has 0 unspecified atom stereocenters. The van der Waals surface area contributed by atoms with Gasteiger partial charge in [-0.25, -0.2) is 0 Å². The van der Waals surface area contributed by atoms with Gasteiger partial charge in [-0.2, -0.15) is 14.9 Å². The second-order valence-electron chi connectivity index (χ2n) is 4.09. The molecular weight excluding hydrogens is 344 g/mol. The van der Waals surface area contributed by atoms with Crippen molar-refractivity contribution in [3.05, 3.63) is 32.8 Å². The van der Waals surface area contributed by atoms with Crippen LogP contribution in [-0.4, -0.2) is 27.9 Å². The van der Waals surface area contributed by atoms with Gasteiger partial charge in [0.15, 0.2) is 17.3 Å². The number of aryl methyl sites for hydroxylation is 1. The van der Waals surface area contributed by atoms with E-state index in [4.69, 9.17) is 21.7 Å². The van der Waals surface area contributed by atoms with Gasteiger partial charge in [0.1, 0.15) is 0 Å². The lowest BCUT2D eigenvalue weighted by Crippen LogP contribution is -1.97. The maximum absolute atomic E-state index is 5.37. The molecule has 0 radical (unpaired) electrons. The smallest absolute Gasteiger partial charge is 0.231 e. The van der Waals surface area contributed by atoms with Gasteiger partial charge in [-0.15, -0.1) is 0 Å². The highest BCUT2D eigenvalue weighted by atomic mass is 79.9. The number of aromatic amines is 1. The van der Waals surface area contributed by atoms with Gasteiger partial charge >= 0.3 is 0 Å². The van der Waals surface area contributed by atoms with Gasteiger partial charge in [-0.1, -0.05) is 6.92 Å². The van der Waals surface area contributed by atoms with Crippen molar-refractivity contribution in [3.63, 3.8) is 0 Å². The van der Waals surface area contributed by atoms with Crippen molar-refractivity contribution in [3.8, 4) is 11.5 Å². The fourth-order valence-corrected chi connectivity index (χ4v) is 2.63. The van der Waals surface area contributed by atoms with Gasteiger partial charge in [0.05, 0.1) is 10.7 Å². The van der Waals surface area contributed by atoms with E-state index in [0.717, 1.165) is 28.0 Å². The standard InChI is InChI=1S/C12H11BrN4O2S/c1-2-10-15-16-12(20)17(10)14-5-7-3-8(13)11-9(4-7)18-6-19-11/h3-5H,2,6H2,1H3,(H,16,20)/b14-5-. The maximum Gasteiger partial charge on any atom is 0.231 e. The third-order valence-corrected chi connectivity index (χ3v) is 3.66. The molecule has 0 bridgehead atoms. The van der Waals surface area contributed by atoms with Crippen LogP contribution in [0.25, 0.3) is 0 Å². The number of halogens is 1. The van der Waals surface area contributed by atoms with E-state index >= 15 is 0 Å². The van der Waals surface area contributed by atoms with E-state index in [9.17, 15) is 0 Å². The normalized spacial score (nSPS) is 13.3. The number of benzene rings is 1. The highest BCUT2D eigenvalue weighted by Crippen LogP contribution is 2.39. The first-order chi connectivity index (χ1) is 9.69. The van der Waals surface area contributed by atoms with Gasteiger partial charge < -0.3 is 9.47 Å². The van der Waals surface area contributed by atoms with Gasteiger partial charge in [0, 0.05) is 6.42 Å². The molecule has 0 saturated carbocycles. The summed E-state index contributed by atoms with van der Waals surface area (Å²) >= 11 is 8.58. The predicted molar refractivity (Wildman–Crippen MR) is 80.0 cm³/mol. The Morgan fingerprint density at radius 3 is 3.20 bits per heavy atom. The molecule has 0 atom stereocenters. The van der Waals surface area contributed by atoms with Crippen LogP contribution in [0.5, 0.6) is 11.5 Å². The number of rotatable bonds is 3. The molecule has 3 rings (SSSR count). The second-order valence-corrected chi connectivity index (χ2v) is 5.33. The van der Waals surface area contributed by atoms with Crippen molar-refractivity contribution in [2.45, 2.75) is 13.3 Å². The first-order valence-corrected chi connectivity index (χ1v) is 7.19. The summed E-state index contributed by atoms with van der Waals surface area (Å²) in [6.45, 7) is 2.23. The van der Waals surface area contributed by atoms with E-state index in [-0.39, 0.29) is 6.79 Å². The number of H-pyrrole nitrogens is 1. The minimum Gasteiger partial charge on any atom is -0.454 e. The van der Waals surface area contributed by atoms with Crippen LogP contribution in [0.1, 0.15) is 18.3 Å². The van der Waals surface area contributed by atoms with Gasteiger partial charge in [-0.3, -0.25) is 5.10 Å². The lowest BCUT2D eigenvalue weighted by atomic mass is 10.2. The average molecular weight is 355 g/mol. The Labute approximate surface area is 128 Å². The van der Waals surface area contributed by atoms with Crippen molar-refractivity contribution in [2.24, 2.45) is 5.10 Å². The fourth-order valence-electron chi connectivity index (χ4n) is 1.86. The number of hydrogen-bond donors (Lipinski definition) is 1. The molecule has 104 valence electrons. The van der Waals surface area contributed by atoms with Crippen LogP contribution >= 0.6 is 28.1 Å². The Balaban J connectivity index is 1.95. The third kappa shape index (κ3) is 2.36. The second kappa shape index (κ2) is 5.37. The quantitative estimate of drug-likeness (QED) is 0.679. The monoisotopic (exact) mass is 354 g/mol. The van der Waals surface area contributed by atoms with Crippen molar-refractivity contribution in [1.29, 1.82) is 0 Å². The van der Waals surface area contributed by atoms with E-state index < -0.39 is 0 Å². The first-order valence-electron chi connectivity index (χ1n) is 5.99. The van der Waals surface area contributed by atoms with Crippen molar-refractivity contribution in [2.75, 3.05) is 6.79 Å². The molecule has 1 aliphatic rings. The lowest BCUT2D eigenvalue weighted by Gasteiger charge is -2.01. The maximum atomic E-state index is 5.37. The molecule has 0 fully saturated rings. The van der Waals surface area contributed by atoms with Gasteiger partial charge in [0.2, 0.25) is 11.6 Å². The molecule has 0 spiro atoms. The number of fused-ring (bicyclic) bond motifs is 1. The molecule has 1 aromatic carbocycles. The molecule has 2 heterocycles.